The number of hydrogen-bond donors (Lipinski definition) is 2. The zero-order chi connectivity index (χ0) is 18.1. The molecule has 0 atom stereocenters. The molecule has 2 aromatic rings. The number of anilines is 1. The number of halogens is 3. The fourth-order valence-electron chi connectivity index (χ4n) is 2.23. The molecule has 9 heteroatoms. The number of ether oxygens (including phenoxy) is 1. The maximum atomic E-state index is 12.3. The molecule has 1 aromatic heterocycles. The zero-order valence-electron chi connectivity index (χ0n) is 12.2. The van der Waals surface area contributed by atoms with E-state index in [1.807, 2.05) is 0 Å². The number of hydrogen-bond acceptors (Lipinski definition) is 5. The summed E-state index contributed by atoms with van der Waals surface area (Å²) in [4.78, 5) is 14.0. The molecule has 0 fully saturated rings. The van der Waals surface area contributed by atoms with Crippen molar-refractivity contribution >= 4 is 5.82 Å². The van der Waals surface area contributed by atoms with Gasteiger partial charge < -0.3 is 15.5 Å². The molecule has 0 spiro atoms. The smallest absolute Gasteiger partial charge is 0.406 e. The molecule has 0 unspecified atom stereocenters. The van der Waals surface area contributed by atoms with Gasteiger partial charge in [-0.15, -0.1) is 13.2 Å². The molecule has 0 bridgehead atoms. The minimum atomic E-state index is -4.85. The Morgan fingerprint density at radius 2 is 1.83 bits per heavy atom. The Balaban J connectivity index is 2.72. The summed E-state index contributed by atoms with van der Waals surface area (Å²) >= 11 is 0. The van der Waals surface area contributed by atoms with Crippen molar-refractivity contribution in [3.63, 3.8) is 0 Å². The topological polar surface area (TPSA) is 116 Å². The van der Waals surface area contributed by atoms with Gasteiger partial charge in [-0.3, -0.25) is 4.79 Å². The Morgan fingerprint density at radius 3 is 2.33 bits per heavy atom. The Kier molecular flexibility index (Phi) is 4.20. The molecule has 0 amide bonds. The number of aromatic nitrogens is 1. The first kappa shape index (κ1) is 16.9. The molecule has 6 nitrogen and oxygen atoms in total. The fraction of sp³-hybridized carbons (Fsp3) is 0.133. The summed E-state index contributed by atoms with van der Waals surface area (Å²) in [5.41, 5.74) is 4.78. The third kappa shape index (κ3) is 3.15. The first-order chi connectivity index (χ1) is 11.2. The first-order valence-electron chi connectivity index (χ1n) is 6.40. The summed E-state index contributed by atoms with van der Waals surface area (Å²) < 4.78 is 40.6. The molecule has 0 aliphatic carbocycles. The van der Waals surface area contributed by atoms with Crippen LogP contribution in [0, 0.1) is 29.6 Å². The number of nitrogens with two attached hydrogens (primary N) is 1. The number of nitrogen functional groups attached to an aromatic ring is 1. The third-order valence-electron chi connectivity index (χ3n) is 3.17. The van der Waals surface area contributed by atoms with Crippen molar-refractivity contribution in [1.29, 1.82) is 10.5 Å². The molecule has 1 heterocycles. The SMILES string of the molecule is Cc1cc(OC(F)(F)F)ccc1-c1c(C#N)c(N)[nH]c(=O)c1C#N. The highest BCUT2D eigenvalue weighted by atomic mass is 19.4. The van der Waals surface area contributed by atoms with E-state index in [-0.39, 0.29) is 33.6 Å². The molecular formula is C15H9F3N4O2. The summed E-state index contributed by atoms with van der Waals surface area (Å²) in [6.45, 7) is 1.46. The van der Waals surface area contributed by atoms with Gasteiger partial charge >= 0.3 is 6.36 Å². The van der Waals surface area contributed by atoms with E-state index in [4.69, 9.17) is 5.73 Å². The summed E-state index contributed by atoms with van der Waals surface area (Å²) in [5, 5.41) is 18.4. The van der Waals surface area contributed by atoms with Gasteiger partial charge in [0.05, 0.1) is 0 Å². The molecule has 0 saturated carbocycles. The van der Waals surface area contributed by atoms with Gasteiger partial charge in [-0.2, -0.15) is 10.5 Å². The summed E-state index contributed by atoms with van der Waals surface area (Å²) in [6, 6.07) is 6.81. The predicted octanol–water partition coefficient (Wildman–Crippen LogP) is 2.57. The number of benzene rings is 1. The van der Waals surface area contributed by atoms with Crippen LogP contribution in [0.3, 0.4) is 0 Å². The van der Waals surface area contributed by atoms with Gasteiger partial charge in [0.2, 0.25) is 0 Å². The number of pyridine rings is 1. The minimum absolute atomic E-state index is 0.0303. The van der Waals surface area contributed by atoms with Gasteiger partial charge in [-0.05, 0) is 30.2 Å². The highest BCUT2D eigenvalue weighted by molar-refractivity contribution is 5.82. The molecule has 24 heavy (non-hydrogen) atoms. The molecule has 2 rings (SSSR count). The summed E-state index contributed by atoms with van der Waals surface area (Å²) in [5.74, 6) is -0.690. The van der Waals surface area contributed by atoms with Crippen molar-refractivity contribution in [2.75, 3.05) is 5.73 Å². The maximum absolute atomic E-state index is 12.3. The van der Waals surface area contributed by atoms with E-state index < -0.39 is 17.7 Å². The van der Waals surface area contributed by atoms with Crippen molar-refractivity contribution in [2.24, 2.45) is 0 Å². The molecule has 0 aliphatic heterocycles. The van der Waals surface area contributed by atoms with Crippen LogP contribution in [0.5, 0.6) is 5.75 Å². The van der Waals surface area contributed by atoms with E-state index in [1.54, 1.807) is 12.1 Å². The molecule has 122 valence electrons. The molecule has 0 saturated heterocycles. The Labute approximate surface area is 133 Å². The minimum Gasteiger partial charge on any atom is -0.406 e. The Morgan fingerprint density at radius 1 is 1.21 bits per heavy atom. The van der Waals surface area contributed by atoms with Crippen molar-refractivity contribution in [2.45, 2.75) is 13.3 Å². The van der Waals surface area contributed by atoms with Crippen LogP contribution < -0.4 is 16.0 Å². The Hall–Kier alpha value is -3.46. The number of H-pyrrole nitrogens is 1. The average molecular weight is 334 g/mol. The van der Waals surface area contributed by atoms with Gasteiger partial charge in [-0.1, -0.05) is 6.07 Å². The largest absolute Gasteiger partial charge is 0.573 e. The van der Waals surface area contributed by atoms with Crippen LogP contribution in [-0.2, 0) is 0 Å². The second kappa shape index (κ2) is 5.97. The number of nitrogens with one attached hydrogen (secondary N) is 1. The highest BCUT2D eigenvalue weighted by Crippen LogP contribution is 2.33. The van der Waals surface area contributed by atoms with Crippen LogP contribution in [-0.4, -0.2) is 11.3 Å². The quantitative estimate of drug-likeness (QED) is 0.875. The van der Waals surface area contributed by atoms with Crippen molar-refractivity contribution in [3.05, 3.63) is 45.2 Å². The van der Waals surface area contributed by atoms with Gasteiger partial charge in [0, 0.05) is 5.56 Å². The maximum Gasteiger partial charge on any atom is 0.573 e. The van der Waals surface area contributed by atoms with Crippen LogP contribution in [0.1, 0.15) is 16.7 Å². The van der Waals surface area contributed by atoms with Gasteiger partial charge in [-0.25, -0.2) is 0 Å². The van der Waals surface area contributed by atoms with E-state index in [0.29, 0.717) is 0 Å². The predicted molar refractivity (Wildman–Crippen MR) is 77.8 cm³/mol. The second-order valence-corrected chi connectivity index (χ2v) is 4.74. The van der Waals surface area contributed by atoms with Crippen LogP contribution in [0.4, 0.5) is 19.0 Å². The molecule has 3 N–H and O–H groups in total. The van der Waals surface area contributed by atoms with E-state index >= 15 is 0 Å². The van der Waals surface area contributed by atoms with Crippen LogP contribution >= 0.6 is 0 Å². The molecule has 0 radical (unpaired) electrons. The number of aryl methyl sites for hydroxylation is 1. The van der Waals surface area contributed by atoms with E-state index in [1.165, 1.54) is 13.0 Å². The van der Waals surface area contributed by atoms with E-state index in [9.17, 15) is 28.5 Å². The van der Waals surface area contributed by atoms with Crippen LogP contribution in [0.15, 0.2) is 23.0 Å². The normalized spacial score (nSPS) is 10.8. The first-order valence-corrected chi connectivity index (χ1v) is 6.40. The van der Waals surface area contributed by atoms with Crippen molar-refractivity contribution in [3.8, 4) is 29.0 Å². The summed E-state index contributed by atoms with van der Waals surface area (Å²) in [6.07, 6.45) is -4.85. The molecule has 1 aromatic carbocycles. The Bertz CT molecular complexity index is 949. The number of nitriles is 2. The standard InChI is InChI=1S/C15H9F3N4O2/c1-7-4-8(24-15(16,17)18)2-3-9(7)12-10(5-19)13(21)22-14(23)11(12)6-20/h2-4H,1H3,(H3,21,22,23). The average Bonchev–Trinajstić information content (AvgIpc) is 2.45. The third-order valence-corrected chi connectivity index (χ3v) is 3.17. The fourth-order valence-corrected chi connectivity index (χ4v) is 2.23. The highest BCUT2D eigenvalue weighted by Gasteiger charge is 2.31. The lowest BCUT2D eigenvalue weighted by Gasteiger charge is -2.14. The van der Waals surface area contributed by atoms with Crippen LogP contribution in [0.25, 0.3) is 11.1 Å². The summed E-state index contributed by atoms with van der Waals surface area (Å²) in [7, 11) is 0. The monoisotopic (exact) mass is 334 g/mol. The van der Waals surface area contributed by atoms with Crippen molar-refractivity contribution in [1.82, 2.24) is 4.98 Å². The van der Waals surface area contributed by atoms with Gasteiger partial charge in [0.15, 0.2) is 0 Å². The number of rotatable bonds is 2. The lowest BCUT2D eigenvalue weighted by atomic mass is 9.93. The lowest BCUT2D eigenvalue weighted by Crippen LogP contribution is -2.17. The van der Waals surface area contributed by atoms with E-state index in [2.05, 4.69) is 9.72 Å². The molecule has 0 aliphatic rings. The number of nitrogens with zero attached hydrogens (tertiary/aromatic N) is 2. The van der Waals surface area contributed by atoms with Gasteiger partial charge in [0.25, 0.3) is 5.56 Å². The zero-order valence-corrected chi connectivity index (χ0v) is 12.2. The van der Waals surface area contributed by atoms with Crippen LogP contribution in [0.2, 0.25) is 0 Å². The van der Waals surface area contributed by atoms with Crippen molar-refractivity contribution < 1.29 is 17.9 Å². The van der Waals surface area contributed by atoms with Gasteiger partial charge in [0.1, 0.15) is 34.8 Å². The number of alkyl halides is 3. The molecular weight excluding hydrogens is 325 g/mol. The second-order valence-electron chi connectivity index (χ2n) is 4.74. The lowest BCUT2D eigenvalue weighted by molar-refractivity contribution is -0.274. The number of aromatic amines is 1. The van der Waals surface area contributed by atoms with E-state index in [0.717, 1.165) is 12.1 Å².